The predicted molar refractivity (Wildman–Crippen MR) is 86.6 cm³/mol. The van der Waals surface area contributed by atoms with Crippen LogP contribution in [0.4, 0.5) is 18.9 Å². The van der Waals surface area contributed by atoms with E-state index in [-0.39, 0.29) is 16.6 Å². The zero-order valence-corrected chi connectivity index (χ0v) is 14.6. The van der Waals surface area contributed by atoms with Gasteiger partial charge >= 0.3 is 12.1 Å². The zero-order chi connectivity index (χ0) is 17.7. The van der Waals surface area contributed by atoms with E-state index < -0.39 is 12.1 Å². The molecule has 3 nitrogen and oxygen atoms in total. The van der Waals surface area contributed by atoms with E-state index in [0.717, 1.165) is 5.02 Å². The van der Waals surface area contributed by atoms with Crippen molar-refractivity contribution in [3.05, 3.63) is 29.3 Å². The summed E-state index contributed by atoms with van der Waals surface area (Å²) in [4.78, 5) is 8.90. The molecule has 1 aromatic carbocycles. The number of carboxylic acids is 1. The molecule has 0 saturated carbocycles. The van der Waals surface area contributed by atoms with Gasteiger partial charge in [0.2, 0.25) is 0 Å². The Labute approximate surface area is 136 Å². The highest BCUT2D eigenvalue weighted by atomic mass is 35.5. The molecule has 0 radical (unpaired) electrons. The largest absolute Gasteiger partial charge is 0.490 e. The Morgan fingerprint density at radius 1 is 1.14 bits per heavy atom. The van der Waals surface area contributed by atoms with Crippen LogP contribution < -0.4 is 4.31 Å². The molecule has 1 rings (SSSR count). The van der Waals surface area contributed by atoms with Gasteiger partial charge in [0, 0.05) is 5.02 Å². The number of carbonyl (C=O) groups is 1. The van der Waals surface area contributed by atoms with Gasteiger partial charge in [-0.1, -0.05) is 11.6 Å². The van der Waals surface area contributed by atoms with Crippen molar-refractivity contribution in [1.29, 1.82) is 0 Å². The second kappa shape index (κ2) is 7.97. The van der Waals surface area contributed by atoms with Crippen LogP contribution in [0.25, 0.3) is 0 Å². The Kier molecular flexibility index (Phi) is 7.57. The number of hydrogen-bond donors (Lipinski definition) is 1. The minimum absolute atomic E-state index is 0.139. The molecule has 126 valence electrons. The molecule has 1 aromatic rings. The number of aliphatic carboxylic acids is 1. The highest BCUT2D eigenvalue weighted by molar-refractivity contribution is 7.96. The van der Waals surface area contributed by atoms with Crippen molar-refractivity contribution in [2.45, 2.75) is 32.5 Å². The lowest BCUT2D eigenvalue weighted by Crippen LogP contribution is -2.44. The predicted octanol–water partition coefficient (Wildman–Crippen LogP) is 4.37. The summed E-state index contributed by atoms with van der Waals surface area (Å²) in [5.74, 6) is -2.76. The summed E-state index contributed by atoms with van der Waals surface area (Å²) in [5, 5.41) is 7.92. The number of carboxylic acid groups (broad SMARTS) is 1. The maximum absolute atomic E-state index is 10.6. The molecule has 0 unspecified atom stereocenters. The van der Waals surface area contributed by atoms with Crippen LogP contribution in [-0.4, -0.2) is 35.3 Å². The van der Waals surface area contributed by atoms with Gasteiger partial charge in [-0.05, 0) is 45.0 Å². The molecule has 0 amide bonds. The highest BCUT2D eigenvalue weighted by Crippen LogP contribution is 2.27. The summed E-state index contributed by atoms with van der Waals surface area (Å²) in [6, 6.07) is 8.06. The van der Waals surface area contributed by atoms with Gasteiger partial charge in [-0.2, -0.15) is 17.5 Å². The second-order valence-corrected chi connectivity index (χ2v) is 7.87. The van der Waals surface area contributed by atoms with Gasteiger partial charge in [-0.3, -0.25) is 0 Å². The van der Waals surface area contributed by atoms with E-state index in [2.05, 4.69) is 49.7 Å². The number of rotatable bonds is 2. The van der Waals surface area contributed by atoms with Crippen LogP contribution in [0.15, 0.2) is 24.3 Å². The fourth-order valence-corrected chi connectivity index (χ4v) is 3.49. The van der Waals surface area contributed by atoms with E-state index in [1.165, 1.54) is 5.69 Å². The summed E-state index contributed by atoms with van der Waals surface area (Å²) in [5.41, 5.74) is 1.38. The van der Waals surface area contributed by atoms with Crippen molar-refractivity contribution in [2.75, 3.05) is 16.8 Å². The summed E-state index contributed by atoms with van der Waals surface area (Å²) in [6.45, 7) is 6.69. The number of halogens is 4. The van der Waals surface area contributed by atoms with Crippen molar-refractivity contribution in [2.24, 2.45) is 0 Å². The molecule has 0 saturated heterocycles. The van der Waals surface area contributed by atoms with E-state index in [0.29, 0.717) is 0 Å². The number of alkyl halides is 3. The Morgan fingerprint density at radius 2 is 1.50 bits per heavy atom. The van der Waals surface area contributed by atoms with Crippen LogP contribution in [0, 0.1) is 0 Å². The summed E-state index contributed by atoms with van der Waals surface area (Å²) < 4.78 is 34.2. The summed E-state index contributed by atoms with van der Waals surface area (Å²) >= 11 is 6.10. The normalized spacial score (nSPS) is 11.7. The maximum atomic E-state index is 10.6. The molecule has 0 aliphatic carbocycles. The van der Waals surface area contributed by atoms with Crippen LogP contribution in [-0.2, 0) is 15.9 Å². The fraction of sp³-hybridized carbons (Fsp3) is 0.500. The average Bonchev–Trinajstić information content (AvgIpc) is 2.29. The third-order valence-electron chi connectivity index (χ3n) is 2.28. The lowest BCUT2D eigenvalue weighted by atomic mass is 10.1. The average molecular weight is 359 g/mol. The molecule has 1 N–H and O–H groups in total. The van der Waals surface area contributed by atoms with E-state index >= 15 is 0 Å². The Morgan fingerprint density at radius 3 is 1.73 bits per heavy atom. The number of anilines is 1. The zero-order valence-electron chi connectivity index (χ0n) is 13.0. The molecule has 0 bridgehead atoms. The summed E-state index contributed by atoms with van der Waals surface area (Å²) in [6.07, 6.45) is -0.611. The van der Waals surface area contributed by atoms with E-state index in [9.17, 15) is 13.2 Å². The van der Waals surface area contributed by atoms with E-state index in [4.69, 9.17) is 21.5 Å². The molecule has 22 heavy (non-hydrogen) atoms. The van der Waals surface area contributed by atoms with Crippen LogP contribution in [0.2, 0.25) is 5.02 Å². The Hall–Kier alpha value is -1.08. The van der Waals surface area contributed by atoms with Crippen LogP contribution >= 0.6 is 11.6 Å². The third kappa shape index (κ3) is 7.26. The number of nitrogens with zero attached hydrogens (tertiary/aromatic N) is 1. The molecule has 0 aliphatic rings. The van der Waals surface area contributed by atoms with Gasteiger partial charge in [-0.25, -0.2) is 4.79 Å². The van der Waals surface area contributed by atoms with Gasteiger partial charge < -0.3 is 5.11 Å². The number of benzene rings is 1. The maximum Gasteiger partial charge on any atom is 0.490 e. The lowest BCUT2D eigenvalue weighted by molar-refractivity contribution is -0.192. The first-order chi connectivity index (χ1) is 9.76. The summed E-state index contributed by atoms with van der Waals surface area (Å²) in [7, 11) is 0. The van der Waals surface area contributed by atoms with Crippen LogP contribution in [0.1, 0.15) is 20.8 Å². The smallest absolute Gasteiger partial charge is 0.475 e. The monoisotopic (exact) mass is 358 g/mol. The van der Waals surface area contributed by atoms with Gasteiger partial charge in [0.25, 0.3) is 0 Å². The second-order valence-electron chi connectivity index (χ2n) is 5.52. The van der Waals surface area contributed by atoms with Crippen molar-refractivity contribution < 1.29 is 23.1 Å². The van der Waals surface area contributed by atoms with Crippen LogP contribution in [0.3, 0.4) is 0 Å². The molecular weight excluding hydrogens is 339 g/mol. The molecule has 0 aliphatic heterocycles. The first-order valence-electron chi connectivity index (χ1n) is 6.20. The van der Waals surface area contributed by atoms with Gasteiger partial charge in [0.1, 0.15) is 12.5 Å². The SMILES string of the molecule is C[S+](C)N(c1ccc(Cl)cc1)C(C)(C)C.O=C(O)C(F)(F)F. The van der Waals surface area contributed by atoms with Crippen molar-refractivity contribution in [3.63, 3.8) is 0 Å². The standard InChI is InChI=1S/C12H19ClNS.C2HF3O2/c1-12(2,3)14(15(4)5)11-8-6-10(13)7-9-11;3-2(4,5)1(6)7/h6-9H,1-5H3;(H,6,7)/q+1;. The lowest BCUT2D eigenvalue weighted by Gasteiger charge is -2.32. The molecule has 0 fully saturated rings. The fourth-order valence-electron chi connectivity index (χ4n) is 1.72. The Bertz CT molecular complexity index is 484. The van der Waals surface area contributed by atoms with Crippen molar-refractivity contribution in [1.82, 2.24) is 0 Å². The first-order valence-corrected chi connectivity index (χ1v) is 8.58. The van der Waals surface area contributed by atoms with Crippen molar-refractivity contribution in [3.8, 4) is 0 Å². The number of hydrogen-bond acceptors (Lipinski definition) is 2. The molecular formula is C14H20ClF3NO2S+. The van der Waals surface area contributed by atoms with Crippen LogP contribution in [0.5, 0.6) is 0 Å². The van der Waals surface area contributed by atoms with Gasteiger partial charge in [-0.15, -0.1) is 0 Å². The molecule has 0 spiro atoms. The Balaban J connectivity index is 0.000000534. The van der Waals surface area contributed by atoms with E-state index in [1.54, 1.807) is 0 Å². The van der Waals surface area contributed by atoms with Crippen molar-refractivity contribution >= 4 is 34.3 Å². The first kappa shape index (κ1) is 20.9. The molecule has 8 heteroatoms. The third-order valence-corrected chi connectivity index (χ3v) is 4.02. The quantitative estimate of drug-likeness (QED) is 0.798. The van der Waals surface area contributed by atoms with Gasteiger partial charge in [0.05, 0.1) is 22.3 Å². The molecule has 0 aromatic heterocycles. The van der Waals surface area contributed by atoms with E-state index in [1.807, 2.05) is 12.1 Å². The molecule has 0 heterocycles. The minimum Gasteiger partial charge on any atom is -0.475 e. The molecule has 0 atom stereocenters. The highest BCUT2D eigenvalue weighted by Gasteiger charge is 2.38. The van der Waals surface area contributed by atoms with Gasteiger partial charge in [0.15, 0.2) is 0 Å². The minimum atomic E-state index is -5.08. The topological polar surface area (TPSA) is 40.5 Å².